The zero-order valence-electron chi connectivity index (χ0n) is 9.84. The van der Waals surface area contributed by atoms with E-state index < -0.39 is 5.60 Å². The molecule has 0 spiro atoms. The molecule has 2 nitrogen and oxygen atoms in total. The van der Waals surface area contributed by atoms with Gasteiger partial charge in [0.2, 0.25) is 0 Å². The maximum absolute atomic E-state index is 10.4. The van der Waals surface area contributed by atoms with Gasteiger partial charge in [-0.2, -0.15) is 0 Å². The molecule has 2 heteroatoms. The lowest BCUT2D eigenvalue weighted by molar-refractivity contribution is -0.0396. The number of hydrogen-bond acceptors (Lipinski definition) is 2. The summed E-state index contributed by atoms with van der Waals surface area (Å²) in [4.78, 5) is 0. The fourth-order valence-corrected chi connectivity index (χ4v) is 2.24. The Bertz CT molecular complexity index is 170. The van der Waals surface area contributed by atoms with Gasteiger partial charge in [0, 0.05) is 6.54 Å². The molecule has 0 bridgehead atoms. The molecular formula is C12H25NO. The third-order valence-electron chi connectivity index (χ3n) is 3.40. The molecule has 2 N–H and O–H groups in total. The summed E-state index contributed by atoms with van der Waals surface area (Å²) >= 11 is 0. The van der Waals surface area contributed by atoms with Gasteiger partial charge < -0.3 is 10.4 Å². The van der Waals surface area contributed by atoms with Crippen LogP contribution in [0.15, 0.2) is 0 Å². The summed E-state index contributed by atoms with van der Waals surface area (Å²) in [6.07, 6.45) is 4.62. The normalized spacial score (nSPS) is 33.6. The van der Waals surface area contributed by atoms with E-state index in [2.05, 4.69) is 26.1 Å². The van der Waals surface area contributed by atoms with Gasteiger partial charge in [0.15, 0.2) is 0 Å². The monoisotopic (exact) mass is 199 g/mol. The van der Waals surface area contributed by atoms with Crippen LogP contribution >= 0.6 is 0 Å². The van der Waals surface area contributed by atoms with E-state index in [1.54, 1.807) is 0 Å². The highest BCUT2D eigenvalue weighted by Gasteiger charge is 2.35. The largest absolute Gasteiger partial charge is 0.388 e. The fraction of sp³-hybridized carbons (Fsp3) is 1.00. The number of hydrogen-bond donors (Lipinski definition) is 2. The third-order valence-corrected chi connectivity index (χ3v) is 3.40. The van der Waals surface area contributed by atoms with Crippen LogP contribution in [-0.4, -0.2) is 23.8 Å². The maximum Gasteiger partial charge on any atom is 0.0796 e. The highest BCUT2D eigenvalue weighted by Crippen LogP contribution is 2.32. The van der Waals surface area contributed by atoms with Crippen LogP contribution in [-0.2, 0) is 0 Å². The quantitative estimate of drug-likeness (QED) is 0.727. The van der Waals surface area contributed by atoms with Gasteiger partial charge in [-0.1, -0.05) is 33.6 Å². The fourth-order valence-electron chi connectivity index (χ4n) is 2.24. The van der Waals surface area contributed by atoms with Crippen molar-refractivity contribution >= 4 is 0 Å². The summed E-state index contributed by atoms with van der Waals surface area (Å²) in [5.41, 5.74) is -0.437. The molecule has 0 aliphatic heterocycles. The molecule has 0 radical (unpaired) electrons. The summed E-state index contributed by atoms with van der Waals surface area (Å²) in [6.45, 7) is 8.35. The van der Waals surface area contributed by atoms with Crippen molar-refractivity contribution < 1.29 is 5.11 Å². The molecule has 2 atom stereocenters. The summed E-state index contributed by atoms with van der Waals surface area (Å²) in [5, 5.41) is 13.8. The Kier molecular flexibility index (Phi) is 4.39. The molecule has 1 rings (SSSR count). The topological polar surface area (TPSA) is 32.3 Å². The molecule has 1 fully saturated rings. The van der Waals surface area contributed by atoms with Crippen LogP contribution in [0.3, 0.4) is 0 Å². The van der Waals surface area contributed by atoms with Crippen LogP contribution < -0.4 is 5.32 Å². The van der Waals surface area contributed by atoms with Crippen LogP contribution in [0.2, 0.25) is 0 Å². The lowest BCUT2D eigenvalue weighted by atomic mass is 9.76. The molecule has 0 heterocycles. The van der Waals surface area contributed by atoms with E-state index in [1.807, 2.05) is 0 Å². The van der Waals surface area contributed by atoms with E-state index >= 15 is 0 Å². The molecule has 0 aromatic rings. The van der Waals surface area contributed by atoms with Gasteiger partial charge in [-0.25, -0.2) is 0 Å². The van der Waals surface area contributed by atoms with Crippen molar-refractivity contribution in [2.24, 2.45) is 11.8 Å². The summed E-state index contributed by atoms with van der Waals surface area (Å²) < 4.78 is 0. The molecule has 0 aromatic heterocycles. The van der Waals surface area contributed by atoms with Crippen molar-refractivity contribution in [1.29, 1.82) is 0 Å². The average Bonchev–Trinajstić information content (AvgIpc) is 2.10. The summed E-state index contributed by atoms with van der Waals surface area (Å²) in [7, 11) is 0. The van der Waals surface area contributed by atoms with Gasteiger partial charge in [-0.3, -0.25) is 0 Å². The second-order valence-electron chi connectivity index (χ2n) is 5.28. The minimum Gasteiger partial charge on any atom is -0.388 e. The Labute approximate surface area is 88.1 Å². The second-order valence-corrected chi connectivity index (χ2v) is 5.28. The molecule has 1 aliphatic rings. The first-order valence-corrected chi connectivity index (χ1v) is 5.98. The maximum atomic E-state index is 10.4. The first kappa shape index (κ1) is 12.0. The van der Waals surface area contributed by atoms with E-state index in [4.69, 9.17) is 0 Å². The van der Waals surface area contributed by atoms with E-state index in [0.29, 0.717) is 11.8 Å². The van der Waals surface area contributed by atoms with Gasteiger partial charge in [-0.15, -0.1) is 0 Å². The van der Waals surface area contributed by atoms with Crippen molar-refractivity contribution in [2.45, 2.75) is 52.1 Å². The first-order valence-electron chi connectivity index (χ1n) is 5.98. The number of nitrogens with one attached hydrogen (secondary N) is 1. The van der Waals surface area contributed by atoms with Crippen molar-refractivity contribution in [1.82, 2.24) is 5.32 Å². The number of aliphatic hydroxyl groups is 1. The molecule has 0 amide bonds. The minimum absolute atomic E-state index is 0.437. The van der Waals surface area contributed by atoms with Crippen molar-refractivity contribution in [3.63, 3.8) is 0 Å². The Morgan fingerprint density at radius 2 is 2.14 bits per heavy atom. The van der Waals surface area contributed by atoms with E-state index in [1.165, 1.54) is 19.3 Å². The predicted molar refractivity (Wildman–Crippen MR) is 60.3 cm³/mol. The Hall–Kier alpha value is -0.0800. The minimum atomic E-state index is -0.437. The molecule has 2 unspecified atom stereocenters. The Morgan fingerprint density at radius 3 is 2.71 bits per heavy atom. The van der Waals surface area contributed by atoms with Crippen LogP contribution in [0.25, 0.3) is 0 Å². The van der Waals surface area contributed by atoms with Crippen molar-refractivity contribution in [2.75, 3.05) is 13.1 Å². The zero-order chi connectivity index (χ0) is 10.6. The smallest absolute Gasteiger partial charge is 0.0796 e. The van der Waals surface area contributed by atoms with Crippen molar-refractivity contribution in [3.05, 3.63) is 0 Å². The SMILES string of the molecule is CC(C)CNCC1(O)CCCCC1C. The molecule has 1 aliphatic carbocycles. The molecular weight excluding hydrogens is 174 g/mol. The lowest BCUT2D eigenvalue weighted by Gasteiger charge is -2.38. The first-order chi connectivity index (χ1) is 6.54. The van der Waals surface area contributed by atoms with Crippen LogP contribution in [0.5, 0.6) is 0 Å². The molecule has 0 aromatic carbocycles. The summed E-state index contributed by atoms with van der Waals surface area (Å²) in [5.74, 6) is 1.12. The van der Waals surface area contributed by atoms with Gasteiger partial charge >= 0.3 is 0 Å². The highest BCUT2D eigenvalue weighted by atomic mass is 16.3. The zero-order valence-corrected chi connectivity index (χ0v) is 9.84. The molecule has 14 heavy (non-hydrogen) atoms. The van der Waals surface area contributed by atoms with E-state index in [0.717, 1.165) is 19.5 Å². The van der Waals surface area contributed by atoms with Crippen molar-refractivity contribution in [3.8, 4) is 0 Å². The van der Waals surface area contributed by atoms with Gasteiger partial charge in [-0.05, 0) is 31.2 Å². The molecule has 1 saturated carbocycles. The van der Waals surface area contributed by atoms with Gasteiger partial charge in [0.25, 0.3) is 0 Å². The summed E-state index contributed by atoms with van der Waals surface area (Å²) in [6, 6.07) is 0. The highest BCUT2D eigenvalue weighted by molar-refractivity contribution is 4.89. The second kappa shape index (κ2) is 5.13. The van der Waals surface area contributed by atoms with Gasteiger partial charge in [0.05, 0.1) is 5.60 Å². The Balaban J connectivity index is 2.32. The average molecular weight is 199 g/mol. The van der Waals surface area contributed by atoms with Crippen LogP contribution in [0.4, 0.5) is 0 Å². The predicted octanol–water partition coefficient (Wildman–Crippen LogP) is 2.17. The molecule has 0 saturated heterocycles. The number of rotatable bonds is 4. The van der Waals surface area contributed by atoms with Crippen LogP contribution in [0.1, 0.15) is 46.5 Å². The Morgan fingerprint density at radius 1 is 1.43 bits per heavy atom. The third kappa shape index (κ3) is 3.25. The standard InChI is InChI=1S/C12H25NO/c1-10(2)8-13-9-12(14)7-5-4-6-11(12)3/h10-11,13-14H,4-9H2,1-3H3. The van der Waals surface area contributed by atoms with E-state index in [-0.39, 0.29) is 0 Å². The van der Waals surface area contributed by atoms with Crippen LogP contribution in [0, 0.1) is 11.8 Å². The van der Waals surface area contributed by atoms with Gasteiger partial charge in [0.1, 0.15) is 0 Å². The lowest BCUT2D eigenvalue weighted by Crippen LogP contribution is -2.48. The molecule has 84 valence electrons. The van der Waals surface area contributed by atoms with E-state index in [9.17, 15) is 5.11 Å².